The molecule has 0 spiro atoms. The predicted molar refractivity (Wildman–Crippen MR) is 36.6 cm³/mol. The van der Waals surface area contributed by atoms with Gasteiger partial charge in [-0.15, -0.1) is 10.1 Å². The van der Waals surface area contributed by atoms with E-state index < -0.39 is 12.9 Å². The van der Waals surface area contributed by atoms with Crippen LogP contribution in [0.4, 0.5) is 0 Å². The Morgan fingerprint density at radius 3 is 1.27 bits per heavy atom. The van der Waals surface area contributed by atoms with Crippen LogP contribution in [0.25, 0.3) is 0 Å². The van der Waals surface area contributed by atoms with Crippen molar-refractivity contribution in [2.75, 3.05) is 0 Å². The summed E-state index contributed by atoms with van der Waals surface area (Å²) in [5, 5.41) is 13.6. The molecule has 0 aliphatic carbocycles. The molecule has 0 saturated carbocycles. The predicted octanol–water partition coefficient (Wildman–Crippen LogP) is -2.03. The molecule has 0 aromatic rings. The fraction of sp³-hybridized carbons (Fsp3) is 0. The third-order valence-corrected chi connectivity index (χ3v) is 0. The maximum absolute atomic E-state index is 8.88. The van der Waals surface area contributed by atoms with E-state index in [2.05, 4.69) is 0 Å². The standard InChI is InChI=1S/Ca.HNO3.H3N.H3O4P.2H/c;2-1(3)4;;1-5(2,3)4;;/h;(H,2,3,4);1H3;(H3,1,2,3,4);;. The van der Waals surface area contributed by atoms with Crippen molar-refractivity contribution in [2.24, 2.45) is 0 Å². The van der Waals surface area contributed by atoms with Crippen LogP contribution >= 0.6 is 7.82 Å². The molecule has 0 heterocycles. The molecule has 0 rings (SSSR count). The molecule has 0 aromatic heterocycles. The molecule has 0 aromatic carbocycles. The number of phosphoric acid groups is 1. The van der Waals surface area contributed by atoms with Gasteiger partial charge in [-0.25, -0.2) is 4.57 Å². The van der Waals surface area contributed by atoms with E-state index in [1.807, 2.05) is 0 Å². The molecule has 11 heteroatoms. The first kappa shape index (κ1) is 22.5. The second-order valence-corrected chi connectivity index (χ2v) is 1.78. The molecule has 7 N–H and O–H groups in total. The third kappa shape index (κ3) is 2730. The summed E-state index contributed by atoms with van der Waals surface area (Å²) in [4.78, 5) is 29.9. The second kappa shape index (κ2) is 10.5. The first-order chi connectivity index (χ1) is 3.73. The van der Waals surface area contributed by atoms with Crippen molar-refractivity contribution >= 4 is 45.6 Å². The van der Waals surface area contributed by atoms with Crippen molar-refractivity contribution in [3.05, 3.63) is 10.1 Å². The van der Waals surface area contributed by atoms with Crippen LogP contribution in [0, 0.1) is 10.1 Å². The average Bonchev–Trinajstić information content (AvgIpc) is 1.19. The zero-order chi connectivity index (χ0) is 8.08. The van der Waals surface area contributed by atoms with Gasteiger partial charge in [-0.2, -0.15) is 0 Å². The van der Waals surface area contributed by atoms with Crippen LogP contribution in [-0.2, 0) is 4.57 Å². The van der Waals surface area contributed by atoms with Gasteiger partial charge in [0, 0.05) is 0 Å². The quantitative estimate of drug-likeness (QED) is 0.134. The SMILES string of the molecule is N.O=P(O)(O)O.O=[N+]([O-])O.[CaH2]. The maximum atomic E-state index is 8.88. The Bertz CT molecular complexity index is 116. The summed E-state index contributed by atoms with van der Waals surface area (Å²) < 4.78 is 8.88. The van der Waals surface area contributed by atoms with E-state index >= 15 is 0 Å². The van der Waals surface area contributed by atoms with E-state index in [1.165, 1.54) is 0 Å². The van der Waals surface area contributed by atoms with Gasteiger partial charge in [-0.1, -0.05) is 0 Å². The van der Waals surface area contributed by atoms with E-state index in [1.54, 1.807) is 0 Å². The van der Waals surface area contributed by atoms with Gasteiger partial charge in [0.15, 0.2) is 0 Å². The summed E-state index contributed by atoms with van der Waals surface area (Å²) in [6.07, 6.45) is 0. The number of nitrogens with zero attached hydrogens (tertiary/aromatic N) is 1. The molecule has 0 fully saturated rings. The zero-order valence-electron chi connectivity index (χ0n) is 4.62. The summed E-state index contributed by atoms with van der Waals surface area (Å²) in [5.74, 6) is 0. The minimum atomic E-state index is -4.64. The van der Waals surface area contributed by atoms with Gasteiger partial charge in [0.2, 0.25) is 0 Å². The van der Waals surface area contributed by atoms with Crippen LogP contribution in [0.1, 0.15) is 0 Å². The van der Waals surface area contributed by atoms with Gasteiger partial charge in [0.1, 0.15) is 0 Å². The fourth-order valence-corrected chi connectivity index (χ4v) is 0. The Labute approximate surface area is 91.0 Å². The number of rotatable bonds is 0. The number of hydrogen-bond donors (Lipinski definition) is 5. The molecule has 0 saturated heterocycles. The topological polar surface area (TPSA) is 176 Å². The van der Waals surface area contributed by atoms with Crippen LogP contribution in [0.3, 0.4) is 0 Å². The Kier molecular flexibility index (Phi) is 21.6. The van der Waals surface area contributed by atoms with Crippen LogP contribution in [0.5, 0.6) is 0 Å². The molecule has 0 radical (unpaired) electrons. The van der Waals surface area contributed by atoms with Gasteiger partial charge >= 0.3 is 45.6 Å². The summed E-state index contributed by atoms with van der Waals surface area (Å²) in [7, 11) is -4.64. The van der Waals surface area contributed by atoms with Gasteiger partial charge in [0.05, 0.1) is 0 Å². The first-order valence-corrected chi connectivity index (χ1v) is 2.91. The van der Waals surface area contributed by atoms with Gasteiger partial charge in [-0.3, -0.25) is 0 Å². The van der Waals surface area contributed by atoms with Gasteiger partial charge < -0.3 is 26.0 Å². The van der Waals surface area contributed by atoms with Crippen molar-refractivity contribution in [2.45, 2.75) is 0 Å². The molecular formula is H9CaN2O7P. The second-order valence-electron chi connectivity index (χ2n) is 0.751. The van der Waals surface area contributed by atoms with Crippen LogP contribution in [0.15, 0.2) is 0 Å². The van der Waals surface area contributed by atoms with Crippen molar-refractivity contribution in [1.82, 2.24) is 6.15 Å². The molecule has 0 aliphatic heterocycles. The Hall–Kier alpha value is 0.530. The first-order valence-electron chi connectivity index (χ1n) is 1.35. The normalized spacial score (nSPS) is 7.55. The molecular weight excluding hydrogens is 211 g/mol. The molecule has 68 valence electrons. The van der Waals surface area contributed by atoms with Gasteiger partial charge in [-0.05, 0) is 0 Å². The van der Waals surface area contributed by atoms with Crippen LogP contribution in [0.2, 0.25) is 0 Å². The summed E-state index contributed by atoms with van der Waals surface area (Å²) in [6, 6.07) is 0. The van der Waals surface area contributed by atoms with Crippen LogP contribution < -0.4 is 6.15 Å². The molecule has 0 unspecified atom stereocenters. The summed E-state index contributed by atoms with van der Waals surface area (Å²) in [6.45, 7) is 0. The fourth-order valence-electron chi connectivity index (χ4n) is 0. The molecule has 11 heavy (non-hydrogen) atoms. The van der Waals surface area contributed by atoms with E-state index in [4.69, 9.17) is 34.6 Å². The Morgan fingerprint density at radius 1 is 1.27 bits per heavy atom. The summed E-state index contributed by atoms with van der Waals surface area (Å²) >= 11 is 0. The molecule has 0 aliphatic rings. The van der Waals surface area contributed by atoms with Crippen molar-refractivity contribution < 1.29 is 29.5 Å². The average molecular weight is 220 g/mol. The minimum absolute atomic E-state index is 0. The monoisotopic (exact) mass is 220 g/mol. The molecule has 0 bridgehead atoms. The number of hydrogen-bond acceptors (Lipinski definition) is 4. The van der Waals surface area contributed by atoms with Crippen molar-refractivity contribution in [3.8, 4) is 0 Å². The summed E-state index contributed by atoms with van der Waals surface area (Å²) in [5.41, 5.74) is 0. The van der Waals surface area contributed by atoms with E-state index in [-0.39, 0.29) is 43.9 Å². The Balaban J connectivity index is -0.0000000383. The van der Waals surface area contributed by atoms with Gasteiger partial charge in [0.25, 0.3) is 5.09 Å². The molecule has 9 nitrogen and oxygen atoms in total. The van der Waals surface area contributed by atoms with E-state index in [0.717, 1.165) is 0 Å². The van der Waals surface area contributed by atoms with Crippen molar-refractivity contribution in [1.29, 1.82) is 0 Å². The van der Waals surface area contributed by atoms with E-state index in [0.29, 0.717) is 0 Å². The zero-order valence-corrected chi connectivity index (χ0v) is 5.51. The Morgan fingerprint density at radius 2 is 1.27 bits per heavy atom. The molecule has 0 amide bonds. The van der Waals surface area contributed by atoms with E-state index in [9.17, 15) is 0 Å². The third-order valence-electron chi connectivity index (χ3n) is 0. The van der Waals surface area contributed by atoms with Crippen molar-refractivity contribution in [3.63, 3.8) is 0 Å². The molecule has 0 atom stereocenters. The van der Waals surface area contributed by atoms with Crippen LogP contribution in [-0.4, -0.2) is 62.7 Å².